The number of amides is 1. The number of carbonyl (C=O) groups excluding carboxylic acids is 1. The molecule has 0 aliphatic heterocycles. The van der Waals surface area contributed by atoms with Crippen LogP contribution in [0.1, 0.15) is 35.4 Å². The normalized spacial score (nSPS) is 12.2. The highest BCUT2D eigenvalue weighted by atomic mass is 35.5. The van der Waals surface area contributed by atoms with E-state index in [0.29, 0.717) is 5.02 Å². The van der Waals surface area contributed by atoms with Gasteiger partial charge in [-0.25, -0.2) is 0 Å². The maximum Gasteiger partial charge on any atom is 0.255 e. The number of aromatic hydroxyl groups is 1. The SMILES string of the molecule is CC[C@H](NC(=O)c1ccc(Cl)cc1O)c1ccnn1C. The van der Waals surface area contributed by atoms with Gasteiger partial charge in [0.05, 0.1) is 17.3 Å². The van der Waals surface area contributed by atoms with Crippen LogP contribution in [0.4, 0.5) is 0 Å². The second kappa shape index (κ2) is 5.96. The van der Waals surface area contributed by atoms with E-state index in [1.54, 1.807) is 16.9 Å². The second-order valence-electron chi connectivity index (χ2n) is 4.48. The number of hydrogen-bond donors (Lipinski definition) is 2. The number of benzene rings is 1. The molecule has 1 aromatic heterocycles. The summed E-state index contributed by atoms with van der Waals surface area (Å²) in [6.07, 6.45) is 2.41. The lowest BCUT2D eigenvalue weighted by atomic mass is 10.1. The molecule has 0 fully saturated rings. The Morgan fingerprint density at radius 3 is 2.80 bits per heavy atom. The monoisotopic (exact) mass is 293 g/mol. The second-order valence-corrected chi connectivity index (χ2v) is 4.91. The van der Waals surface area contributed by atoms with Gasteiger partial charge >= 0.3 is 0 Å². The third kappa shape index (κ3) is 2.93. The van der Waals surface area contributed by atoms with Gasteiger partial charge in [-0.05, 0) is 30.7 Å². The molecule has 0 bridgehead atoms. The van der Waals surface area contributed by atoms with Crippen molar-refractivity contribution < 1.29 is 9.90 Å². The Balaban J connectivity index is 2.19. The molecular formula is C14H16ClN3O2. The third-order valence-electron chi connectivity index (χ3n) is 3.13. The van der Waals surface area contributed by atoms with Crippen molar-refractivity contribution in [2.45, 2.75) is 19.4 Å². The molecule has 106 valence electrons. The molecule has 1 aromatic carbocycles. The van der Waals surface area contributed by atoms with E-state index in [4.69, 9.17) is 11.6 Å². The first-order valence-corrected chi connectivity index (χ1v) is 6.68. The van der Waals surface area contributed by atoms with E-state index in [1.165, 1.54) is 12.1 Å². The van der Waals surface area contributed by atoms with Crippen LogP contribution in [0.2, 0.25) is 5.02 Å². The third-order valence-corrected chi connectivity index (χ3v) is 3.37. The molecule has 1 heterocycles. The number of aryl methyl sites for hydroxylation is 1. The Kier molecular flexibility index (Phi) is 4.29. The van der Waals surface area contributed by atoms with Crippen LogP contribution in [0.15, 0.2) is 30.5 Å². The fourth-order valence-electron chi connectivity index (χ4n) is 2.04. The van der Waals surface area contributed by atoms with Gasteiger partial charge in [0.25, 0.3) is 5.91 Å². The molecule has 0 saturated carbocycles. The van der Waals surface area contributed by atoms with Gasteiger partial charge in [-0.1, -0.05) is 18.5 Å². The molecule has 0 aliphatic carbocycles. The Labute approximate surface area is 122 Å². The van der Waals surface area contributed by atoms with E-state index in [-0.39, 0.29) is 23.3 Å². The Morgan fingerprint density at radius 1 is 1.50 bits per heavy atom. The van der Waals surface area contributed by atoms with E-state index < -0.39 is 0 Å². The molecular weight excluding hydrogens is 278 g/mol. The summed E-state index contributed by atoms with van der Waals surface area (Å²) in [5.41, 5.74) is 1.12. The summed E-state index contributed by atoms with van der Waals surface area (Å²) < 4.78 is 1.72. The average Bonchev–Trinajstić information content (AvgIpc) is 2.82. The average molecular weight is 294 g/mol. The Bertz CT molecular complexity index is 625. The van der Waals surface area contributed by atoms with Crippen LogP contribution in [0.3, 0.4) is 0 Å². The molecule has 1 atom stereocenters. The fraction of sp³-hybridized carbons (Fsp3) is 0.286. The summed E-state index contributed by atoms with van der Waals surface area (Å²) in [4.78, 5) is 12.2. The zero-order valence-electron chi connectivity index (χ0n) is 11.3. The van der Waals surface area contributed by atoms with Gasteiger partial charge < -0.3 is 10.4 Å². The van der Waals surface area contributed by atoms with Gasteiger partial charge in [-0.2, -0.15) is 5.10 Å². The number of aromatic nitrogens is 2. The van der Waals surface area contributed by atoms with Crippen LogP contribution >= 0.6 is 11.6 Å². The van der Waals surface area contributed by atoms with Gasteiger partial charge in [0, 0.05) is 18.3 Å². The quantitative estimate of drug-likeness (QED) is 0.911. The lowest BCUT2D eigenvalue weighted by molar-refractivity contribution is 0.0931. The Hall–Kier alpha value is -2.01. The topological polar surface area (TPSA) is 67.2 Å². The van der Waals surface area contributed by atoms with E-state index in [1.807, 2.05) is 20.0 Å². The van der Waals surface area contributed by atoms with Crippen molar-refractivity contribution in [3.8, 4) is 5.75 Å². The predicted molar refractivity (Wildman–Crippen MR) is 76.8 cm³/mol. The summed E-state index contributed by atoms with van der Waals surface area (Å²) in [5.74, 6) is -0.470. The molecule has 0 spiro atoms. The van der Waals surface area contributed by atoms with Gasteiger partial charge in [-0.3, -0.25) is 9.48 Å². The first-order valence-electron chi connectivity index (χ1n) is 6.30. The van der Waals surface area contributed by atoms with Gasteiger partial charge in [-0.15, -0.1) is 0 Å². The maximum atomic E-state index is 12.2. The highest BCUT2D eigenvalue weighted by molar-refractivity contribution is 6.30. The lowest BCUT2D eigenvalue weighted by Gasteiger charge is -2.17. The molecule has 0 unspecified atom stereocenters. The van der Waals surface area contributed by atoms with E-state index in [0.717, 1.165) is 12.1 Å². The molecule has 0 radical (unpaired) electrons. The predicted octanol–water partition coefficient (Wildman–Crippen LogP) is 2.66. The lowest BCUT2D eigenvalue weighted by Crippen LogP contribution is -2.29. The molecule has 2 N–H and O–H groups in total. The van der Waals surface area contributed by atoms with Crippen LogP contribution in [0.5, 0.6) is 5.75 Å². The fourth-order valence-corrected chi connectivity index (χ4v) is 2.21. The summed E-state index contributed by atoms with van der Waals surface area (Å²) >= 11 is 5.75. The number of nitrogens with one attached hydrogen (secondary N) is 1. The minimum atomic E-state index is -0.341. The molecule has 2 aromatic rings. The zero-order valence-corrected chi connectivity index (χ0v) is 12.1. The van der Waals surface area contributed by atoms with Crippen LogP contribution in [-0.2, 0) is 7.05 Å². The van der Waals surface area contributed by atoms with Gasteiger partial charge in [0.1, 0.15) is 5.75 Å². The minimum absolute atomic E-state index is 0.130. The first-order chi connectivity index (χ1) is 9.52. The number of carbonyl (C=O) groups is 1. The highest BCUT2D eigenvalue weighted by Crippen LogP contribution is 2.23. The zero-order chi connectivity index (χ0) is 14.7. The number of rotatable bonds is 4. The van der Waals surface area contributed by atoms with Crippen molar-refractivity contribution in [2.75, 3.05) is 0 Å². The number of phenols is 1. The van der Waals surface area contributed by atoms with Crippen LogP contribution in [0.25, 0.3) is 0 Å². The molecule has 1 amide bonds. The minimum Gasteiger partial charge on any atom is -0.507 e. The van der Waals surface area contributed by atoms with Crippen molar-refractivity contribution in [1.82, 2.24) is 15.1 Å². The standard InChI is InChI=1S/C14H16ClN3O2/c1-3-11(12-6-7-16-18(12)2)17-14(20)10-5-4-9(15)8-13(10)19/h4-8,11,19H,3H2,1-2H3,(H,17,20)/t11-/m0/s1. The smallest absolute Gasteiger partial charge is 0.255 e. The molecule has 2 rings (SSSR count). The van der Waals surface area contributed by atoms with Crippen LogP contribution in [-0.4, -0.2) is 20.8 Å². The van der Waals surface area contributed by atoms with E-state index in [2.05, 4.69) is 10.4 Å². The van der Waals surface area contributed by atoms with Crippen molar-refractivity contribution in [1.29, 1.82) is 0 Å². The van der Waals surface area contributed by atoms with Crippen molar-refractivity contribution in [3.05, 3.63) is 46.7 Å². The van der Waals surface area contributed by atoms with Crippen LogP contribution in [0, 0.1) is 0 Å². The molecule has 6 heteroatoms. The first kappa shape index (κ1) is 14.4. The number of nitrogens with zero attached hydrogens (tertiary/aromatic N) is 2. The number of phenolic OH excluding ortho intramolecular Hbond substituents is 1. The van der Waals surface area contributed by atoms with E-state index >= 15 is 0 Å². The number of hydrogen-bond acceptors (Lipinski definition) is 3. The maximum absolute atomic E-state index is 12.2. The molecule has 0 saturated heterocycles. The van der Waals surface area contributed by atoms with E-state index in [9.17, 15) is 9.90 Å². The summed E-state index contributed by atoms with van der Waals surface area (Å²) in [5, 5.41) is 17.1. The van der Waals surface area contributed by atoms with Crippen molar-refractivity contribution >= 4 is 17.5 Å². The van der Waals surface area contributed by atoms with Gasteiger partial charge in [0.2, 0.25) is 0 Å². The largest absolute Gasteiger partial charge is 0.507 e. The Morgan fingerprint density at radius 2 is 2.25 bits per heavy atom. The molecule has 5 nitrogen and oxygen atoms in total. The molecule has 0 aliphatic rings. The van der Waals surface area contributed by atoms with Crippen molar-refractivity contribution in [2.24, 2.45) is 7.05 Å². The summed E-state index contributed by atoms with van der Waals surface area (Å²) in [6, 6.07) is 6.12. The molecule has 20 heavy (non-hydrogen) atoms. The van der Waals surface area contributed by atoms with Crippen LogP contribution < -0.4 is 5.32 Å². The van der Waals surface area contributed by atoms with Gasteiger partial charge in [0.15, 0.2) is 0 Å². The number of halogens is 1. The summed E-state index contributed by atoms with van der Waals surface area (Å²) in [6.45, 7) is 1.97. The summed E-state index contributed by atoms with van der Waals surface area (Å²) in [7, 11) is 1.82. The van der Waals surface area contributed by atoms with Crippen molar-refractivity contribution in [3.63, 3.8) is 0 Å². The highest BCUT2D eigenvalue weighted by Gasteiger charge is 2.18.